The van der Waals surface area contributed by atoms with E-state index in [4.69, 9.17) is 4.74 Å². The van der Waals surface area contributed by atoms with Gasteiger partial charge in [0.15, 0.2) is 0 Å². The van der Waals surface area contributed by atoms with Gasteiger partial charge in [-0.25, -0.2) is 0 Å². The Morgan fingerprint density at radius 3 is 1.48 bits per heavy atom. The summed E-state index contributed by atoms with van der Waals surface area (Å²) in [7, 11) is 0. The van der Waals surface area contributed by atoms with Gasteiger partial charge >= 0.3 is 0 Å². The summed E-state index contributed by atoms with van der Waals surface area (Å²) in [6.07, 6.45) is 13.4. The molecule has 1 heteroatoms. The molecule has 0 saturated heterocycles. The molecule has 0 N–H and O–H groups in total. The monoisotopic (exact) mass is 612 g/mol. The summed E-state index contributed by atoms with van der Waals surface area (Å²) in [4.78, 5) is 0. The van der Waals surface area contributed by atoms with E-state index in [-0.39, 0.29) is 0 Å². The third-order valence-corrected chi connectivity index (χ3v) is 9.40. The molecule has 0 unspecified atom stereocenters. The van der Waals surface area contributed by atoms with Gasteiger partial charge in [0.2, 0.25) is 0 Å². The first-order valence-corrected chi connectivity index (χ1v) is 18.4. The second-order valence-electron chi connectivity index (χ2n) is 13.5. The lowest BCUT2D eigenvalue weighted by Crippen LogP contribution is -1.99. The number of benzene rings is 5. The molecule has 0 heterocycles. The van der Waals surface area contributed by atoms with Gasteiger partial charge in [-0.2, -0.15) is 0 Å². The molecule has 46 heavy (non-hydrogen) atoms. The van der Waals surface area contributed by atoms with Crippen molar-refractivity contribution >= 4 is 21.5 Å². The summed E-state index contributed by atoms with van der Waals surface area (Å²) in [5, 5.41) is 5.49. The predicted octanol–water partition coefficient (Wildman–Crippen LogP) is 13.5. The van der Waals surface area contributed by atoms with Crippen LogP contribution in [0.1, 0.15) is 119 Å². The van der Waals surface area contributed by atoms with E-state index >= 15 is 0 Å². The Morgan fingerprint density at radius 1 is 0.413 bits per heavy atom. The molecule has 242 valence electrons. The fraction of sp³-hybridized carbons (Fsp3) is 0.422. The minimum absolute atomic E-state index is 0.957. The Hall–Kier alpha value is -3.58. The maximum atomic E-state index is 7.10. The molecule has 0 bridgehead atoms. The fourth-order valence-corrected chi connectivity index (χ4v) is 7.35. The molecule has 0 saturated carbocycles. The molecular formula is C45H56O. The van der Waals surface area contributed by atoms with Gasteiger partial charge in [0.05, 0.1) is 0 Å². The van der Waals surface area contributed by atoms with E-state index < -0.39 is 0 Å². The molecule has 0 fully saturated rings. The second kappa shape index (κ2) is 15.8. The second-order valence-corrected chi connectivity index (χ2v) is 13.5. The Balaban J connectivity index is 1.69. The number of fused-ring (bicyclic) bond motifs is 2. The molecule has 0 spiro atoms. The number of rotatable bonds is 15. The van der Waals surface area contributed by atoms with Crippen molar-refractivity contribution in [2.45, 2.75) is 126 Å². The Kier molecular flexibility index (Phi) is 11.6. The first-order chi connectivity index (χ1) is 22.4. The van der Waals surface area contributed by atoms with Gasteiger partial charge in [-0.3, -0.25) is 0 Å². The van der Waals surface area contributed by atoms with E-state index in [2.05, 4.69) is 115 Å². The number of aryl methyl sites for hydroxylation is 7. The van der Waals surface area contributed by atoms with Crippen molar-refractivity contribution in [3.05, 3.63) is 106 Å². The van der Waals surface area contributed by atoms with E-state index in [1.165, 1.54) is 84.5 Å². The average molecular weight is 613 g/mol. The van der Waals surface area contributed by atoms with Crippen LogP contribution in [-0.4, -0.2) is 0 Å². The highest BCUT2D eigenvalue weighted by Crippen LogP contribution is 2.41. The van der Waals surface area contributed by atoms with Gasteiger partial charge in [-0.15, -0.1) is 0 Å². The van der Waals surface area contributed by atoms with Crippen LogP contribution in [0.4, 0.5) is 0 Å². The number of hydrogen-bond donors (Lipinski definition) is 0. The smallest absolute Gasteiger partial charge is 0.135 e. The topological polar surface area (TPSA) is 9.23 Å². The zero-order chi connectivity index (χ0) is 32.6. The van der Waals surface area contributed by atoms with Crippen LogP contribution < -0.4 is 4.74 Å². The predicted molar refractivity (Wildman–Crippen MR) is 202 cm³/mol. The molecule has 5 aromatic rings. The van der Waals surface area contributed by atoms with Crippen LogP contribution in [0.15, 0.2) is 66.7 Å². The third-order valence-electron chi connectivity index (χ3n) is 9.40. The van der Waals surface area contributed by atoms with Gasteiger partial charge < -0.3 is 4.74 Å². The van der Waals surface area contributed by atoms with Gasteiger partial charge in [0, 0.05) is 5.56 Å². The molecule has 5 rings (SSSR count). The van der Waals surface area contributed by atoms with Gasteiger partial charge in [-0.05, 0) is 136 Å². The summed E-state index contributed by atoms with van der Waals surface area (Å²) in [6.45, 7) is 15.9. The van der Waals surface area contributed by atoms with Crippen LogP contribution in [0.5, 0.6) is 11.5 Å². The summed E-state index contributed by atoms with van der Waals surface area (Å²) in [5.41, 5.74) is 12.4. The van der Waals surface area contributed by atoms with Crippen molar-refractivity contribution in [3.8, 4) is 22.6 Å². The molecule has 0 aromatic heterocycles. The molecule has 0 amide bonds. The van der Waals surface area contributed by atoms with Gasteiger partial charge in [-0.1, -0.05) is 122 Å². The number of ether oxygens (including phenoxy) is 1. The van der Waals surface area contributed by atoms with Crippen molar-refractivity contribution < 1.29 is 4.74 Å². The zero-order valence-corrected chi connectivity index (χ0v) is 29.7. The van der Waals surface area contributed by atoms with Gasteiger partial charge in [0.1, 0.15) is 11.5 Å². The van der Waals surface area contributed by atoms with Crippen molar-refractivity contribution in [2.75, 3.05) is 0 Å². The standard InChI is InChI=1S/C45H56O/c1-8-14-32-23-34(16-10-3)40-29-42(36(18-12-5)27-38(40)25-32)43-22-31(7)20-21-44(43)46-45-30-41-35(17-11-4)24-33(15-9-2)26-39(41)28-37(45)19-13-6/h20-30H,8-19H2,1-7H3. The van der Waals surface area contributed by atoms with Crippen LogP contribution in [0.2, 0.25) is 0 Å². The third kappa shape index (κ3) is 7.52. The number of hydrogen-bond acceptors (Lipinski definition) is 1. The molecule has 0 aliphatic rings. The minimum atomic E-state index is 0.957. The lowest BCUT2D eigenvalue weighted by Gasteiger charge is -2.20. The molecule has 0 aliphatic heterocycles. The molecule has 0 radical (unpaired) electrons. The van der Waals surface area contributed by atoms with E-state index in [9.17, 15) is 0 Å². The summed E-state index contributed by atoms with van der Waals surface area (Å²) in [6, 6.07) is 26.3. The minimum Gasteiger partial charge on any atom is -0.456 e. The Labute approximate surface area is 279 Å². The fourth-order valence-electron chi connectivity index (χ4n) is 7.35. The van der Waals surface area contributed by atoms with Crippen molar-refractivity contribution in [1.82, 2.24) is 0 Å². The maximum Gasteiger partial charge on any atom is 0.135 e. The summed E-state index contributed by atoms with van der Waals surface area (Å²) in [5.74, 6) is 1.96. The average Bonchev–Trinajstić information content (AvgIpc) is 3.03. The largest absolute Gasteiger partial charge is 0.456 e. The summed E-state index contributed by atoms with van der Waals surface area (Å²) < 4.78 is 7.10. The van der Waals surface area contributed by atoms with E-state index in [0.29, 0.717) is 0 Å². The van der Waals surface area contributed by atoms with Crippen molar-refractivity contribution in [3.63, 3.8) is 0 Å². The first-order valence-electron chi connectivity index (χ1n) is 18.4. The molecule has 0 aliphatic carbocycles. The van der Waals surface area contributed by atoms with E-state index in [1.54, 1.807) is 0 Å². The highest BCUT2D eigenvalue weighted by atomic mass is 16.5. The molecular weight excluding hydrogens is 556 g/mol. The highest BCUT2D eigenvalue weighted by Gasteiger charge is 2.18. The van der Waals surface area contributed by atoms with Crippen LogP contribution in [0, 0.1) is 6.92 Å². The maximum absolute atomic E-state index is 7.10. The zero-order valence-electron chi connectivity index (χ0n) is 29.7. The molecule has 0 atom stereocenters. The van der Waals surface area contributed by atoms with Crippen molar-refractivity contribution in [1.29, 1.82) is 0 Å². The van der Waals surface area contributed by atoms with Gasteiger partial charge in [0.25, 0.3) is 0 Å². The van der Waals surface area contributed by atoms with Crippen molar-refractivity contribution in [2.24, 2.45) is 0 Å². The SMILES string of the molecule is CCCc1cc(CCC)c2cc(Oc3ccc(C)cc3-c3cc4c(CCC)cc(CCC)cc4cc3CCC)c(CCC)cc2c1. The Morgan fingerprint density at radius 2 is 0.913 bits per heavy atom. The van der Waals surface area contributed by atoms with Crippen LogP contribution in [-0.2, 0) is 38.5 Å². The lowest BCUT2D eigenvalue weighted by atomic mass is 9.88. The van der Waals surface area contributed by atoms with Crippen LogP contribution in [0.25, 0.3) is 32.7 Å². The lowest BCUT2D eigenvalue weighted by molar-refractivity contribution is 0.478. The Bertz CT molecular complexity index is 1790. The van der Waals surface area contributed by atoms with E-state index in [1.807, 2.05) is 0 Å². The summed E-state index contributed by atoms with van der Waals surface area (Å²) >= 11 is 0. The quantitative estimate of drug-likeness (QED) is 0.114. The molecule has 1 nitrogen and oxygen atoms in total. The van der Waals surface area contributed by atoms with Crippen LogP contribution in [0.3, 0.4) is 0 Å². The van der Waals surface area contributed by atoms with E-state index in [0.717, 1.165) is 75.7 Å². The highest BCUT2D eigenvalue weighted by molar-refractivity contribution is 5.93. The molecule has 5 aromatic carbocycles. The first kappa shape index (κ1) is 33.8. The van der Waals surface area contributed by atoms with Crippen LogP contribution >= 0.6 is 0 Å². The normalized spacial score (nSPS) is 11.5.